The van der Waals surface area contributed by atoms with Gasteiger partial charge < -0.3 is 20.8 Å². The van der Waals surface area contributed by atoms with Gasteiger partial charge in [0.15, 0.2) is 0 Å². The van der Waals surface area contributed by atoms with Gasteiger partial charge in [0.05, 0.1) is 6.61 Å². The zero-order valence-corrected chi connectivity index (χ0v) is 6.34. The van der Waals surface area contributed by atoms with E-state index >= 15 is 0 Å². The summed E-state index contributed by atoms with van der Waals surface area (Å²) in [5.41, 5.74) is 0. The van der Waals surface area contributed by atoms with Crippen molar-refractivity contribution in [1.29, 1.82) is 0 Å². The largest absolute Gasteiger partial charge is 0.395 e. The van der Waals surface area contributed by atoms with Crippen LogP contribution in [0.3, 0.4) is 0 Å². The van der Waals surface area contributed by atoms with E-state index in [1.165, 1.54) is 0 Å². The first-order chi connectivity index (χ1) is 5.31. The van der Waals surface area contributed by atoms with Crippen LogP contribution in [0, 0.1) is 0 Å². The molecule has 0 saturated carbocycles. The number of nitrogens with one attached hydrogen (secondary N) is 2. The van der Waals surface area contributed by atoms with Crippen molar-refractivity contribution in [2.45, 2.75) is 0 Å². The normalized spacial score (nSPS) is 9.64. The lowest BCUT2D eigenvalue weighted by Gasteiger charge is -2.03. The van der Waals surface area contributed by atoms with E-state index in [4.69, 9.17) is 10.2 Å². The molecule has 1 amide bonds. The first-order valence-corrected chi connectivity index (χ1v) is 3.50. The number of aliphatic hydroxyl groups excluding tert-OH is 2. The molecule has 66 valence electrons. The molecule has 0 aliphatic rings. The lowest BCUT2D eigenvalue weighted by atomic mass is 10.5. The molecule has 0 aromatic heterocycles. The van der Waals surface area contributed by atoms with E-state index in [1.54, 1.807) is 0 Å². The number of hydrogen-bond acceptors (Lipinski definition) is 4. The molecule has 0 spiro atoms. The van der Waals surface area contributed by atoms with Crippen LogP contribution in [0.5, 0.6) is 0 Å². The third kappa shape index (κ3) is 7.24. The SMILES string of the molecule is O=C(CO)NCCNCCO. The van der Waals surface area contributed by atoms with Gasteiger partial charge in [-0.25, -0.2) is 0 Å². The van der Waals surface area contributed by atoms with Crippen LogP contribution >= 0.6 is 0 Å². The predicted molar refractivity (Wildman–Crippen MR) is 40.1 cm³/mol. The smallest absolute Gasteiger partial charge is 0.245 e. The van der Waals surface area contributed by atoms with Gasteiger partial charge >= 0.3 is 0 Å². The van der Waals surface area contributed by atoms with Gasteiger partial charge in [0.1, 0.15) is 6.61 Å². The van der Waals surface area contributed by atoms with E-state index in [-0.39, 0.29) is 12.5 Å². The zero-order valence-electron chi connectivity index (χ0n) is 6.34. The Morgan fingerprint density at radius 1 is 1.18 bits per heavy atom. The third-order valence-corrected chi connectivity index (χ3v) is 1.06. The maximum absolute atomic E-state index is 10.4. The molecule has 0 rings (SSSR count). The van der Waals surface area contributed by atoms with Crippen LogP contribution in [0.15, 0.2) is 0 Å². The van der Waals surface area contributed by atoms with Gasteiger partial charge in [0.25, 0.3) is 0 Å². The van der Waals surface area contributed by atoms with E-state index in [0.717, 1.165) is 0 Å². The molecule has 0 saturated heterocycles. The Morgan fingerprint density at radius 2 is 1.91 bits per heavy atom. The second kappa shape index (κ2) is 7.46. The first-order valence-electron chi connectivity index (χ1n) is 3.50. The molecule has 5 nitrogen and oxygen atoms in total. The Labute approximate surface area is 65.4 Å². The van der Waals surface area contributed by atoms with Crippen LogP contribution in [-0.4, -0.2) is 49.0 Å². The second-order valence-corrected chi connectivity index (χ2v) is 1.98. The number of rotatable bonds is 6. The summed E-state index contributed by atoms with van der Waals surface area (Å²) in [6.45, 7) is 1.22. The average molecular weight is 162 g/mol. The van der Waals surface area contributed by atoms with Crippen molar-refractivity contribution in [3.63, 3.8) is 0 Å². The van der Waals surface area contributed by atoms with E-state index < -0.39 is 6.61 Å². The summed E-state index contributed by atoms with van der Waals surface area (Å²) in [6, 6.07) is 0. The van der Waals surface area contributed by atoms with Gasteiger partial charge in [-0.3, -0.25) is 4.79 Å². The van der Waals surface area contributed by atoms with Gasteiger partial charge in [0, 0.05) is 19.6 Å². The van der Waals surface area contributed by atoms with Crippen molar-refractivity contribution in [2.75, 3.05) is 32.8 Å². The molecule has 0 bridgehead atoms. The van der Waals surface area contributed by atoms with Crippen molar-refractivity contribution >= 4 is 5.91 Å². The highest BCUT2D eigenvalue weighted by atomic mass is 16.3. The lowest BCUT2D eigenvalue weighted by molar-refractivity contribution is -0.123. The highest BCUT2D eigenvalue weighted by Crippen LogP contribution is 1.62. The van der Waals surface area contributed by atoms with E-state index in [1.807, 2.05) is 0 Å². The Hall–Kier alpha value is -0.650. The summed E-state index contributed by atoms with van der Waals surface area (Å²) in [7, 11) is 0. The summed E-state index contributed by atoms with van der Waals surface area (Å²) in [6.07, 6.45) is 0. The van der Waals surface area contributed by atoms with Gasteiger partial charge in [-0.05, 0) is 0 Å². The Bertz CT molecular complexity index is 108. The summed E-state index contributed by atoms with van der Waals surface area (Å²) >= 11 is 0. The summed E-state index contributed by atoms with van der Waals surface area (Å²) in [5, 5.41) is 21.9. The molecule has 0 aromatic rings. The van der Waals surface area contributed by atoms with Crippen molar-refractivity contribution in [1.82, 2.24) is 10.6 Å². The minimum absolute atomic E-state index is 0.0912. The Balaban J connectivity index is 2.95. The molecule has 5 heteroatoms. The van der Waals surface area contributed by atoms with E-state index in [9.17, 15) is 4.79 Å². The molecule has 0 fully saturated rings. The highest BCUT2D eigenvalue weighted by Gasteiger charge is 1.94. The number of aliphatic hydroxyl groups is 2. The molecule has 0 aromatic carbocycles. The maximum atomic E-state index is 10.4. The first kappa shape index (κ1) is 10.3. The summed E-state index contributed by atoms with van der Waals surface area (Å²) in [4.78, 5) is 10.4. The Kier molecular flexibility index (Phi) is 7.02. The summed E-state index contributed by atoms with van der Waals surface area (Å²) < 4.78 is 0. The van der Waals surface area contributed by atoms with Crippen LogP contribution in [0.1, 0.15) is 0 Å². The average Bonchev–Trinajstić information content (AvgIpc) is 2.04. The fourth-order valence-electron chi connectivity index (χ4n) is 0.550. The van der Waals surface area contributed by atoms with Crippen LogP contribution in [-0.2, 0) is 4.79 Å². The molecule has 0 radical (unpaired) electrons. The van der Waals surface area contributed by atoms with Crippen LogP contribution in [0.25, 0.3) is 0 Å². The number of hydrogen-bond donors (Lipinski definition) is 4. The predicted octanol–water partition coefficient (Wildman–Crippen LogP) is -2.32. The molecule has 4 N–H and O–H groups in total. The minimum atomic E-state index is -0.472. The topological polar surface area (TPSA) is 81.6 Å². The van der Waals surface area contributed by atoms with Gasteiger partial charge in [-0.1, -0.05) is 0 Å². The van der Waals surface area contributed by atoms with E-state index in [2.05, 4.69) is 10.6 Å². The van der Waals surface area contributed by atoms with Gasteiger partial charge in [-0.2, -0.15) is 0 Å². The molecule has 0 aliphatic carbocycles. The van der Waals surface area contributed by atoms with Crippen molar-refractivity contribution < 1.29 is 15.0 Å². The molecular formula is C6H14N2O3. The molecule has 0 atom stereocenters. The number of amides is 1. The molecule has 0 aliphatic heterocycles. The Morgan fingerprint density at radius 3 is 2.45 bits per heavy atom. The standard InChI is InChI=1S/C6H14N2O3/c9-4-3-7-1-2-8-6(11)5-10/h7,9-10H,1-5H2,(H,8,11). The zero-order chi connectivity index (χ0) is 8.53. The van der Waals surface area contributed by atoms with Gasteiger partial charge in [0.2, 0.25) is 5.91 Å². The number of carbonyl (C=O) groups is 1. The molecule has 11 heavy (non-hydrogen) atoms. The van der Waals surface area contributed by atoms with Crippen molar-refractivity contribution in [3.8, 4) is 0 Å². The summed E-state index contributed by atoms with van der Waals surface area (Å²) in [5.74, 6) is -0.379. The monoisotopic (exact) mass is 162 g/mol. The molecule has 0 heterocycles. The lowest BCUT2D eigenvalue weighted by Crippen LogP contribution is -2.34. The van der Waals surface area contributed by atoms with Crippen molar-refractivity contribution in [2.24, 2.45) is 0 Å². The number of carbonyl (C=O) groups excluding carboxylic acids is 1. The van der Waals surface area contributed by atoms with Gasteiger partial charge in [-0.15, -0.1) is 0 Å². The van der Waals surface area contributed by atoms with Crippen LogP contribution in [0.2, 0.25) is 0 Å². The second-order valence-electron chi connectivity index (χ2n) is 1.98. The molecular weight excluding hydrogens is 148 g/mol. The highest BCUT2D eigenvalue weighted by molar-refractivity contribution is 5.76. The fraction of sp³-hybridized carbons (Fsp3) is 0.833. The van der Waals surface area contributed by atoms with Crippen molar-refractivity contribution in [3.05, 3.63) is 0 Å². The quantitative estimate of drug-likeness (QED) is 0.330. The van der Waals surface area contributed by atoms with Crippen LogP contribution in [0.4, 0.5) is 0 Å². The minimum Gasteiger partial charge on any atom is -0.395 e. The maximum Gasteiger partial charge on any atom is 0.245 e. The third-order valence-electron chi connectivity index (χ3n) is 1.06. The van der Waals surface area contributed by atoms with Crippen LogP contribution < -0.4 is 10.6 Å². The van der Waals surface area contributed by atoms with E-state index in [0.29, 0.717) is 19.6 Å². The fourth-order valence-corrected chi connectivity index (χ4v) is 0.550. The molecule has 0 unspecified atom stereocenters.